The molecule has 2 heterocycles. The highest BCUT2D eigenvalue weighted by Gasteiger charge is 2.12. The second-order valence-electron chi connectivity index (χ2n) is 6.52. The van der Waals surface area contributed by atoms with Crippen LogP contribution in [0.25, 0.3) is 0 Å². The third kappa shape index (κ3) is 4.06. The lowest BCUT2D eigenvalue weighted by atomic mass is 10.1. The quantitative estimate of drug-likeness (QED) is 0.709. The van der Waals surface area contributed by atoms with E-state index in [0.29, 0.717) is 25.5 Å². The van der Waals surface area contributed by atoms with E-state index in [0.717, 1.165) is 34.0 Å². The Kier molecular flexibility index (Phi) is 5.10. The summed E-state index contributed by atoms with van der Waals surface area (Å²) in [5, 5.41) is 6.16. The SMILES string of the molecule is Cc1ccccc1CNC(=O)c1ccc(Nc2ccc3c(c2)OCCO3)cn1. The molecular formula is C22H21N3O3. The number of rotatable bonds is 5. The van der Waals surface area contributed by atoms with E-state index >= 15 is 0 Å². The first-order valence-corrected chi connectivity index (χ1v) is 9.14. The number of anilines is 2. The number of nitrogens with one attached hydrogen (secondary N) is 2. The molecule has 0 fully saturated rings. The number of aryl methyl sites for hydroxylation is 1. The zero-order valence-corrected chi connectivity index (χ0v) is 15.6. The fraction of sp³-hybridized carbons (Fsp3) is 0.182. The summed E-state index contributed by atoms with van der Waals surface area (Å²) >= 11 is 0. The third-order valence-electron chi connectivity index (χ3n) is 4.53. The van der Waals surface area contributed by atoms with E-state index < -0.39 is 0 Å². The molecule has 3 aromatic rings. The van der Waals surface area contributed by atoms with Crippen molar-refractivity contribution in [1.29, 1.82) is 0 Å². The van der Waals surface area contributed by atoms with Crippen LogP contribution in [0.3, 0.4) is 0 Å². The van der Waals surface area contributed by atoms with Crippen LogP contribution in [-0.2, 0) is 6.54 Å². The van der Waals surface area contributed by atoms with Crippen molar-refractivity contribution in [3.63, 3.8) is 0 Å². The van der Waals surface area contributed by atoms with Gasteiger partial charge < -0.3 is 20.1 Å². The molecule has 6 nitrogen and oxygen atoms in total. The van der Waals surface area contributed by atoms with Gasteiger partial charge in [0.2, 0.25) is 0 Å². The molecule has 2 aromatic carbocycles. The molecule has 0 aliphatic carbocycles. The number of pyridine rings is 1. The van der Waals surface area contributed by atoms with Crippen molar-refractivity contribution in [2.24, 2.45) is 0 Å². The van der Waals surface area contributed by atoms with Crippen LogP contribution in [0.5, 0.6) is 11.5 Å². The summed E-state index contributed by atoms with van der Waals surface area (Å²) in [6.07, 6.45) is 1.64. The Morgan fingerprint density at radius 2 is 1.79 bits per heavy atom. The lowest BCUT2D eigenvalue weighted by Crippen LogP contribution is -2.24. The number of nitrogens with zero attached hydrogens (tertiary/aromatic N) is 1. The number of aromatic nitrogens is 1. The topological polar surface area (TPSA) is 72.5 Å². The summed E-state index contributed by atoms with van der Waals surface area (Å²) < 4.78 is 11.1. The zero-order chi connectivity index (χ0) is 19.3. The highest BCUT2D eigenvalue weighted by Crippen LogP contribution is 2.33. The van der Waals surface area contributed by atoms with Gasteiger partial charge in [-0.1, -0.05) is 24.3 Å². The summed E-state index contributed by atoms with van der Waals surface area (Å²) in [4.78, 5) is 16.6. The van der Waals surface area contributed by atoms with Gasteiger partial charge in [0.05, 0.1) is 11.9 Å². The zero-order valence-electron chi connectivity index (χ0n) is 15.6. The molecule has 1 aliphatic heterocycles. The van der Waals surface area contributed by atoms with Gasteiger partial charge in [-0.25, -0.2) is 4.98 Å². The lowest BCUT2D eigenvalue weighted by Gasteiger charge is -2.19. The average molecular weight is 375 g/mol. The van der Waals surface area contributed by atoms with Crippen LogP contribution in [0.1, 0.15) is 21.6 Å². The molecule has 0 radical (unpaired) electrons. The molecule has 0 bridgehead atoms. The molecule has 1 amide bonds. The minimum absolute atomic E-state index is 0.200. The number of hydrogen-bond acceptors (Lipinski definition) is 5. The Bertz CT molecular complexity index is 987. The first-order valence-electron chi connectivity index (χ1n) is 9.14. The minimum Gasteiger partial charge on any atom is -0.486 e. The van der Waals surface area contributed by atoms with Gasteiger partial charge in [0.1, 0.15) is 18.9 Å². The van der Waals surface area contributed by atoms with Crippen LogP contribution >= 0.6 is 0 Å². The predicted octanol–water partition coefficient (Wildman–Crippen LogP) is 3.83. The van der Waals surface area contributed by atoms with Crippen molar-refractivity contribution < 1.29 is 14.3 Å². The number of carbonyl (C=O) groups excluding carboxylic acids is 1. The molecule has 4 rings (SSSR count). The van der Waals surface area contributed by atoms with Gasteiger partial charge in [-0.2, -0.15) is 0 Å². The second kappa shape index (κ2) is 8.00. The van der Waals surface area contributed by atoms with E-state index in [2.05, 4.69) is 15.6 Å². The van der Waals surface area contributed by atoms with Gasteiger partial charge in [-0.3, -0.25) is 4.79 Å². The lowest BCUT2D eigenvalue weighted by molar-refractivity contribution is 0.0946. The molecule has 0 unspecified atom stereocenters. The Balaban J connectivity index is 1.38. The normalized spacial score (nSPS) is 12.3. The van der Waals surface area contributed by atoms with Crippen molar-refractivity contribution in [2.45, 2.75) is 13.5 Å². The summed E-state index contributed by atoms with van der Waals surface area (Å²) in [7, 11) is 0. The number of hydrogen-bond donors (Lipinski definition) is 2. The van der Waals surface area contributed by atoms with E-state index in [1.807, 2.05) is 55.5 Å². The summed E-state index contributed by atoms with van der Waals surface area (Å²) in [6.45, 7) is 3.61. The van der Waals surface area contributed by atoms with Gasteiger partial charge in [0.25, 0.3) is 5.91 Å². The molecule has 0 atom stereocenters. The molecule has 1 aromatic heterocycles. The van der Waals surface area contributed by atoms with Crippen LogP contribution in [0.2, 0.25) is 0 Å². The van der Waals surface area contributed by atoms with Gasteiger partial charge >= 0.3 is 0 Å². The number of ether oxygens (including phenoxy) is 2. The van der Waals surface area contributed by atoms with Gasteiger partial charge in [-0.15, -0.1) is 0 Å². The van der Waals surface area contributed by atoms with Crippen molar-refractivity contribution in [2.75, 3.05) is 18.5 Å². The monoisotopic (exact) mass is 375 g/mol. The number of amides is 1. The van der Waals surface area contributed by atoms with Crippen molar-refractivity contribution in [3.05, 3.63) is 77.6 Å². The summed E-state index contributed by atoms with van der Waals surface area (Å²) in [5.74, 6) is 1.26. The average Bonchev–Trinajstić information content (AvgIpc) is 2.73. The third-order valence-corrected chi connectivity index (χ3v) is 4.53. The fourth-order valence-electron chi connectivity index (χ4n) is 2.96. The largest absolute Gasteiger partial charge is 0.486 e. The molecule has 6 heteroatoms. The maximum atomic E-state index is 12.3. The maximum absolute atomic E-state index is 12.3. The van der Waals surface area contributed by atoms with Gasteiger partial charge in [0, 0.05) is 18.3 Å². The summed E-state index contributed by atoms with van der Waals surface area (Å²) in [5.41, 5.74) is 4.26. The molecule has 0 saturated carbocycles. The van der Waals surface area contributed by atoms with E-state index in [1.54, 1.807) is 12.3 Å². The Morgan fingerprint density at radius 3 is 2.57 bits per heavy atom. The number of carbonyl (C=O) groups is 1. The highest BCUT2D eigenvalue weighted by atomic mass is 16.6. The highest BCUT2D eigenvalue weighted by molar-refractivity contribution is 5.92. The molecule has 142 valence electrons. The molecule has 28 heavy (non-hydrogen) atoms. The molecule has 0 spiro atoms. The van der Waals surface area contributed by atoms with E-state index in [9.17, 15) is 4.79 Å². The fourth-order valence-corrected chi connectivity index (χ4v) is 2.96. The molecular weight excluding hydrogens is 354 g/mol. The smallest absolute Gasteiger partial charge is 0.270 e. The van der Waals surface area contributed by atoms with Gasteiger partial charge in [0.15, 0.2) is 11.5 Å². The van der Waals surface area contributed by atoms with Gasteiger partial charge in [-0.05, 0) is 42.3 Å². The Labute approximate surface area is 163 Å². The van der Waals surface area contributed by atoms with E-state index in [1.165, 1.54) is 0 Å². The molecule has 2 N–H and O–H groups in total. The van der Waals surface area contributed by atoms with Crippen molar-refractivity contribution in [1.82, 2.24) is 10.3 Å². The molecule has 0 saturated heterocycles. The van der Waals surface area contributed by atoms with Crippen LogP contribution in [0.4, 0.5) is 11.4 Å². The first-order chi connectivity index (χ1) is 13.7. The minimum atomic E-state index is -0.200. The Morgan fingerprint density at radius 1 is 1.00 bits per heavy atom. The Hall–Kier alpha value is -3.54. The van der Waals surface area contributed by atoms with Crippen molar-refractivity contribution >= 4 is 17.3 Å². The van der Waals surface area contributed by atoms with E-state index in [4.69, 9.17) is 9.47 Å². The first kappa shape index (κ1) is 17.9. The van der Waals surface area contributed by atoms with E-state index in [-0.39, 0.29) is 5.91 Å². The van der Waals surface area contributed by atoms with Crippen LogP contribution < -0.4 is 20.1 Å². The van der Waals surface area contributed by atoms with Crippen molar-refractivity contribution in [3.8, 4) is 11.5 Å². The molecule has 1 aliphatic rings. The predicted molar refractivity (Wildman–Crippen MR) is 107 cm³/mol. The number of fused-ring (bicyclic) bond motifs is 1. The van der Waals surface area contributed by atoms with Crippen LogP contribution in [0.15, 0.2) is 60.8 Å². The van der Waals surface area contributed by atoms with Crippen LogP contribution in [-0.4, -0.2) is 24.1 Å². The standard InChI is InChI=1S/C22H21N3O3/c1-15-4-2-3-5-16(15)13-24-22(26)19-8-6-18(14-23-19)25-17-7-9-20-21(12-17)28-11-10-27-20/h2-9,12,14,25H,10-11,13H2,1H3,(H,24,26). The van der Waals surface area contributed by atoms with Crippen LogP contribution in [0, 0.1) is 6.92 Å². The maximum Gasteiger partial charge on any atom is 0.270 e. The number of benzene rings is 2. The summed E-state index contributed by atoms with van der Waals surface area (Å²) in [6, 6.07) is 17.2. The second-order valence-corrected chi connectivity index (χ2v) is 6.52.